The van der Waals surface area contributed by atoms with E-state index >= 15 is 0 Å². The lowest BCUT2D eigenvalue weighted by molar-refractivity contribution is 0.197. The molecule has 0 aliphatic heterocycles. The summed E-state index contributed by atoms with van der Waals surface area (Å²) in [6.07, 6.45) is -0.387. The highest BCUT2D eigenvalue weighted by Gasteiger charge is 2.09. The van der Waals surface area contributed by atoms with Crippen LogP contribution in [0.4, 0.5) is 0 Å². The molecule has 1 N–H and O–H groups in total. The monoisotopic (exact) mass is 228 g/mol. The molecule has 0 spiro atoms. The third-order valence-electron chi connectivity index (χ3n) is 2.08. The lowest BCUT2D eigenvalue weighted by atomic mass is 9.99. The van der Waals surface area contributed by atoms with Gasteiger partial charge in [-0.25, -0.2) is 0 Å². The molecule has 1 nitrogen and oxygen atoms in total. The Hall–Kier alpha value is -0.340. The molecule has 0 radical (unpaired) electrons. The highest BCUT2D eigenvalue weighted by molar-refractivity contribution is 9.10. The quantitative estimate of drug-likeness (QED) is 0.784. The summed E-state index contributed by atoms with van der Waals surface area (Å²) in [6.45, 7) is 5.82. The summed E-state index contributed by atoms with van der Waals surface area (Å²) in [5.74, 6) is 0. The second-order valence-electron chi connectivity index (χ2n) is 3.08. The van der Waals surface area contributed by atoms with Crippen molar-refractivity contribution >= 4 is 15.9 Å². The van der Waals surface area contributed by atoms with Crippen molar-refractivity contribution in [2.24, 2.45) is 0 Å². The number of aryl methyl sites for hydroxylation is 1. The first-order chi connectivity index (χ1) is 5.54. The van der Waals surface area contributed by atoms with E-state index in [9.17, 15) is 5.11 Å². The van der Waals surface area contributed by atoms with Gasteiger partial charge >= 0.3 is 0 Å². The number of aliphatic hydroxyl groups excluding tert-OH is 1. The number of halogens is 1. The zero-order valence-electron chi connectivity index (χ0n) is 7.56. The predicted molar refractivity (Wildman–Crippen MR) is 54.2 cm³/mol. The molecule has 0 aromatic heterocycles. The molecule has 1 aromatic carbocycles. The van der Waals surface area contributed by atoms with Crippen molar-refractivity contribution < 1.29 is 5.11 Å². The number of hydrogen-bond acceptors (Lipinski definition) is 1. The van der Waals surface area contributed by atoms with Crippen LogP contribution in [0.25, 0.3) is 0 Å². The molecule has 0 amide bonds. The SMILES string of the molecule is Cc1ccc(Br)c(C)c1C(C)O. The standard InChI is InChI=1S/C10H13BrO/c1-6-4-5-9(11)7(2)10(6)8(3)12/h4-5,8,12H,1-3H3. The van der Waals surface area contributed by atoms with Gasteiger partial charge < -0.3 is 5.11 Å². The fraction of sp³-hybridized carbons (Fsp3) is 0.400. The van der Waals surface area contributed by atoms with Gasteiger partial charge in [-0.2, -0.15) is 0 Å². The van der Waals surface area contributed by atoms with Crippen LogP contribution in [0.2, 0.25) is 0 Å². The summed E-state index contributed by atoms with van der Waals surface area (Å²) in [4.78, 5) is 0. The zero-order chi connectivity index (χ0) is 9.30. The summed E-state index contributed by atoms with van der Waals surface area (Å²) in [7, 11) is 0. The topological polar surface area (TPSA) is 20.2 Å². The number of benzene rings is 1. The Labute approximate surface area is 81.6 Å². The summed E-state index contributed by atoms with van der Waals surface area (Å²) in [5.41, 5.74) is 3.31. The summed E-state index contributed by atoms with van der Waals surface area (Å²) < 4.78 is 1.06. The third kappa shape index (κ3) is 1.70. The maximum Gasteiger partial charge on any atom is 0.0767 e. The van der Waals surface area contributed by atoms with Crippen LogP contribution in [-0.2, 0) is 0 Å². The van der Waals surface area contributed by atoms with Crippen molar-refractivity contribution in [2.75, 3.05) is 0 Å². The molecule has 0 fully saturated rings. The summed E-state index contributed by atoms with van der Waals surface area (Å²) >= 11 is 3.44. The molecule has 0 heterocycles. The van der Waals surface area contributed by atoms with Crippen LogP contribution in [0.3, 0.4) is 0 Å². The van der Waals surface area contributed by atoms with Gasteiger partial charge in [-0.3, -0.25) is 0 Å². The van der Waals surface area contributed by atoms with Crippen LogP contribution >= 0.6 is 15.9 Å². The first-order valence-electron chi connectivity index (χ1n) is 3.97. The minimum atomic E-state index is -0.387. The second-order valence-corrected chi connectivity index (χ2v) is 3.93. The van der Waals surface area contributed by atoms with Gasteiger partial charge in [0.15, 0.2) is 0 Å². The highest BCUT2D eigenvalue weighted by atomic mass is 79.9. The molecular formula is C10H13BrO. The van der Waals surface area contributed by atoms with Gasteiger partial charge in [0, 0.05) is 4.47 Å². The number of rotatable bonds is 1. The maximum atomic E-state index is 9.49. The van der Waals surface area contributed by atoms with Gasteiger partial charge in [-0.1, -0.05) is 22.0 Å². The van der Waals surface area contributed by atoms with Gasteiger partial charge in [-0.15, -0.1) is 0 Å². The molecular weight excluding hydrogens is 216 g/mol. The van der Waals surface area contributed by atoms with Gasteiger partial charge in [0.1, 0.15) is 0 Å². The van der Waals surface area contributed by atoms with Crippen molar-refractivity contribution in [1.82, 2.24) is 0 Å². The van der Waals surface area contributed by atoms with E-state index in [4.69, 9.17) is 0 Å². The Balaban J connectivity index is 3.33. The Bertz CT molecular complexity index is 292. The van der Waals surface area contributed by atoms with Crippen molar-refractivity contribution in [3.63, 3.8) is 0 Å². The minimum Gasteiger partial charge on any atom is -0.389 e. The maximum absolute atomic E-state index is 9.49. The van der Waals surface area contributed by atoms with E-state index in [2.05, 4.69) is 15.9 Å². The van der Waals surface area contributed by atoms with Crippen LogP contribution in [0.1, 0.15) is 29.7 Å². The molecule has 0 bridgehead atoms. The van der Waals surface area contributed by atoms with E-state index in [1.165, 1.54) is 0 Å². The molecule has 0 saturated carbocycles. The summed E-state index contributed by atoms with van der Waals surface area (Å²) in [5, 5.41) is 9.49. The zero-order valence-corrected chi connectivity index (χ0v) is 9.14. The molecule has 66 valence electrons. The van der Waals surface area contributed by atoms with E-state index in [0.29, 0.717) is 0 Å². The van der Waals surface area contributed by atoms with E-state index in [0.717, 1.165) is 21.2 Å². The fourth-order valence-electron chi connectivity index (χ4n) is 1.48. The van der Waals surface area contributed by atoms with E-state index < -0.39 is 0 Å². The Morgan fingerprint density at radius 3 is 2.33 bits per heavy atom. The van der Waals surface area contributed by atoms with Crippen molar-refractivity contribution in [3.8, 4) is 0 Å². The first-order valence-corrected chi connectivity index (χ1v) is 4.77. The first kappa shape index (κ1) is 9.75. The van der Waals surface area contributed by atoms with Crippen molar-refractivity contribution in [3.05, 3.63) is 33.3 Å². The van der Waals surface area contributed by atoms with Gasteiger partial charge in [-0.05, 0) is 43.5 Å². The van der Waals surface area contributed by atoms with Crippen LogP contribution in [0.15, 0.2) is 16.6 Å². The molecule has 1 aromatic rings. The number of hydrogen-bond donors (Lipinski definition) is 1. The Morgan fingerprint density at radius 2 is 1.92 bits per heavy atom. The molecule has 1 atom stereocenters. The molecule has 2 heteroatoms. The van der Waals surface area contributed by atoms with Crippen LogP contribution in [0, 0.1) is 13.8 Å². The van der Waals surface area contributed by atoms with Crippen LogP contribution in [-0.4, -0.2) is 5.11 Å². The van der Waals surface area contributed by atoms with E-state index in [-0.39, 0.29) is 6.10 Å². The summed E-state index contributed by atoms with van der Waals surface area (Å²) in [6, 6.07) is 4.02. The lowest BCUT2D eigenvalue weighted by Gasteiger charge is -2.13. The predicted octanol–water partition coefficient (Wildman–Crippen LogP) is 3.12. The average molecular weight is 229 g/mol. The molecule has 0 saturated heterocycles. The molecule has 12 heavy (non-hydrogen) atoms. The van der Waals surface area contributed by atoms with Crippen molar-refractivity contribution in [1.29, 1.82) is 0 Å². The molecule has 0 aliphatic carbocycles. The third-order valence-corrected chi connectivity index (χ3v) is 2.94. The van der Waals surface area contributed by atoms with Crippen LogP contribution < -0.4 is 0 Å². The Kier molecular flexibility index (Phi) is 2.91. The van der Waals surface area contributed by atoms with Gasteiger partial charge in [0.05, 0.1) is 6.10 Å². The molecule has 0 aliphatic rings. The minimum absolute atomic E-state index is 0.387. The Morgan fingerprint density at radius 1 is 1.33 bits per heavy atom. The normalized spacial score (nSPS) is 13.1. The molecule has 1 rings (SSSR count). The molecule has 1 unspecified atom stereocenters. The van der Waals surface area contributed by atoms with Gasteiger partial charge in [0.25, 0.3) is 0 Å². The average Bonchev–Trinajstić information content (AvgIpc) is 1.97. The smallest absolute Gasteiger partial charge is 0.0767 e. The van der Waals surface area contributed by atoms with E-state index in [1.54, 1.807) is 6.92 Å². The number of aliphatic hydroxyl groups is 1. The lowest BCUT2D eigenvalue weighted by Crippen LogP contribution is -1.98. The van der Waals surface area contributed by atoms with Crippen LogP contribution in [0.5, 0.6) is 0 Å². The van der Waals surface area contributed by atoms with E-state index in [1.807, 2.05) is 26.0 Å². The highest BCUT2D eigenvalue weighted by Crippen LogP contribution is 2.27. The second kappa shape index (κ2) is 3.58. The van der Waals surface area contributed by atoms with Gasteiger partial charge in [0.2, 0.25) is 0 Å². The van der Waals surface area contributed by atoms with Crippen molar-refractivity contribution in [2.45, 2.75) is 26.9 Å². The fourth-order valence-corrected chi connectivity index (χ4v) is 1.83. The largest absolute Gasteiger partial charge is 0.389 e.